The first kappa shape index (κ1) is 12.2. The highest BCUT2D eigenvalue weighted by atomic mass is 16.1. The minimum atomic E-state index is 0.115. The summed E-state index contributed by atoms with van der Waals surface area (Å²) in [7, 11) is 2.06. The molecule has 0 N–H and O–H groups in total. The number of benzene rings is 2. The number of anilines is 1. The molecule has 3 aromatic rings. The van der Waals surface area contributed by atoms with Crippen molar-refractivity contribution in [2.45, 2.75) is 6.54 Å². The molecule has 0 spiro atoms. The molecule has 1 aliphatic rings. The average Bonchev–Trinajstić information content (AvgIpc) is 2.91. The minimum absolute atomic E-state index is 0.115. The fraction of sp³-hybridized carbons (Fsp3) is 0.167. The topological polar surface area (TPSA) is 25.2 Å². The van der Waals surface area contributed by atoms with Crippen molar-refractivity contribution in [3.05, 3.63) is 65.0 Å². The first-order valence-electron chi connectivity index (χ1n) is 7.19. The van der Waals surface area contributed by atoms with Crippen LogP contribution in [0.1, 0.15) is 0 Å². The molecule has 1 aliphatic heterocycles. The van der Waals surface area contributed by atoms with Crippen molar-refractivity contribution in [3.63, 3.8) is 0 Å². The van der Waals surface area contributed by atoms with Gasteiger partial charge < -0.3 is 4.90 Å². The average molecular weight is 276 g/mol. The van der Waals surface area contributed by atoms with Crippen molar-refractivity contribution in [2.75, 3.05) is 18.5 Å². The first-order chi connectivity index (χ1) is 10.3. The molecule has 0 unspecified atom stereocenters. The van der Waals surface area contributed by atoms with E-state index in [4.69, 9.17) is 0 Å². The number of pyridine rings is 1. The van der Waals surface area contributed by atoms with Gasteiger partial charge in [0.15, 0.2) is 0 Å². The fourth-order valence-electron chi connectivity index (χ4n) is 3.23. The van der Waals surface area contributed by atoms with Crippen LogP contribution in [0.4, 0.5) is 5.82 Å². The Labute approximate surface area is 123 Å². The van der Waals surface area contributed by atoms with Crippen molar-refractivity contribution < 1.29 is 0 Å². The molecule has 3 nitrogen and oxygen atoms in total. The van der Waals surface area contributed by atoms with Gasteiger partial charge in [-0.25, -0.2) is 0 Å². The summed E-state index contributed by atoms with van der Waals surface area (Å²) in [5.41, 5.74) is 2.43. The molecule has 2 aromatic carbocycles. The Morgan fingerprint density at radius 2 is 1.52 bits per heavy atom. The van der Waals surface area contributed by atoms with Gasteiger partial charge in [-0.2, -0.15) is 0 Å². The van der Waals surface area contributed by atoms with Gasteiger partial charge >= 0.3 is 0 Å². The number of hydrogen-bond donors (Lipinski definition) is 0. The van der Waals surface area contributed by atoms with E-state index in [0.29, 0.717) is 0 Å². The van der Waals surface area contributed by atoms with Crippen LogP contribution in [0.2, 0.25) is 0 Å². The normalized spacial score (nSPS) is 13.7. The van der Waals surface area contributed by atoms with E-state index < -0.39 is 0 Å². The Balaban J connectivity index is 2.21. The highest BCUT2D eigenvalue weighted by Gasteiger charge is 2.24. The van der Waals surface area contributed by atoms with E-state index >= 15 is 0 Å². The highest BCUT2D eigenvalue weighted by Crippen LogP contribution is 2.37. The Hall–Kier alpha value is -2.55. The summed E-state index contributed by atoms with van der Waals surface area (Å²) in [6.45, 7) is 1.64. The summed E-state index contributed by atoms with van der Waals surface area (Å²) in [5, 5.41) is 1.84. The second-order valence-electron chi connectivity index (χ2n) is 5.49. The molecular formula is C18H16N2O. The quantitative estimate of drug-likeness (QED) is 0.682. The molecule has 21 heavy (non-hydrogen) atoms. The number of hydrogen-bond acceptors (Lipinski definition) is 2. The van der Waals surface area contributed by atoms with Crippen LogP contribution in [-0.2, 0) is 6.54 Å². The van der Waals surface area contributed by atoms with E-state index in [1.54, 1.807) is 0 Å². The zero-order valence-corrected chi connectivity index (χ0v) is 11.9. The van der Waals surface area contributed by atoms with Gasteiger partial charge in [-0.1, -0.05) is 48.5 Å². The van der Waals surface area contributed by atoms with Crippen LogP contribution in [-0.4, -0.2) is 18.2 Å². The van der Waals surface area contributed by atoms with Crippen molar-refractivity contribution in [3.8, 4) is 11.1 Å². The van der Waals surface area contributed by atoms with Crippen molar-refractivity contribution in [2.24, 2.45) is 0 Å². The van der Waals surface area contributed by atoms with Gasteiger partial charge in [0.1, 0.15) is 5.82 Å². The monoisotopic (exact) mass is 276 g/mol. The molecule has 0 fully saturated rings. The molecule has 0 atom stereocenters. The summed E-state index contributed by atoms with van der Waals surface area (Å²) in [5.74, 6) is 1.03. The van der Waals surface area contributed by atoms with Crippen LogP contribution in [0.25, 0.3) is 21.9 Å². The summed E-state index contributed by atoms with van der Waals surface area (Å²) in [6, 6.07) is 18.2. The van der Waals surface area contributed by atoms with Gasteiger partial charge in [0.05, 0.1) is 0 Å². The molecule has 104 valence electrons. The molecule has 1 aromatic heterocycles. The van der Waals surface area contributed by atoms with Crippen molar-refractivity contribution >= 4 is 16.6 Å². The maximum atomic E-state index is 12.7. The van der Waals surface area contributed by atoms with E-state index in [1.165, 1.54) is 0 Å². The summed E-state index contributed by atoms with van der Waals surface area (Å²) in [6.07, 6.45) is 0. The summed E-state index contributed by atoms with van der Waals surface area (Å²) < 4.78 is 1.91. The molecule has 0 radical (unpaired) electrons. The molecular weight excluding hydrogens is 260 g/mol. The number of aromatic nitrogens is 1. The number of likely N-dealkylation sites (N-methyl/N-ethyl adjacent to an activating group) is 1. The van der Waals surface area contributed by atoms with Crippen LogP contribution >= 0.6 is 0 Å². The SMILES string of the molecule is CN1CCn2c1c(-c1ccccc1)c1ccccc1c2=O. The molecule has 0 saturated heterocycles. The van der Waals surface area contributed by atoms with Gasteiger partial charge in [-0.15, -0.1) is 0 Å². The van der Waals surface area contributed by atoms with E-state index in [2.05, 4.69) is 24.1 Å². The molecule has 3 heteroatoms. The number of rotatable bonds is 1. The van der Waals surface area contributed by atoms with E-state index in [9.17, 15) is 4.79 Å². The zero-order chi connectivity index (χ0) is 14.4. The first-order valence-corrected chi connectivity index (χ1v) is 7.19. The predicted octanol–water partition coefficient (Wildman–Crippen LogP) is 3.12. The van der Waals surface area contributed by atoms with E-state index in [0.717, 1.165) is 40.8 Å². The lowest BCUT2D eigenvalue weighted by Crippen LogP contribution is -2.20. The van der Waals surface area contributed by atoms with Gasteiger partial charge in [0, 0.05) is 31.1 Å². The van der Waals surface area contributed by atoms with E-state index in [1.807, 2.05) is 47.0 Å². The maximum Gasteiger partial charge on any atom is 0.260 e. The van der Waals surface area contributed by atoms with Gasteiger partial charge in [0.25, 0.3) is 5.56 Å². The smallest absolute Gasteiger partial charge is 0.260 e. The standard InChI is InChI=1S/C18H16N2O/c1-19-11-12-20-17(19)16(13-7-3-2-4-8-13)14-9-5-6-10-15(14)18(20)21/h2-10H,11-12H2,1H3. The lowest BCUT2D eigenvalue weighted by Gasteiger charge is -2.19. The second kappa shape index (κ2) is 4.48. The van der Waals surface area contributed by atoms with Gasteiger partial charge in [-0.05, 0) is 17.0 Å². The summed E-state index contributed by atoms with van der Waals surface area (Å²) in [4.78, 5) is 14.9. The number of nitrogens with zero attached hydrogens (tertiary/aromatic N) is 2. The highest BCUT2D eigenvalue weighted by molar-refractivity contribution is 6.01. The Morgan fingerprint density at radius 1 is 0.857 bits per heavy atom. The Morgan fingerprint density at radius 3 is 2.29 bits per heavy atom. The van der Waals surface area contributed by atoms with Crippen LogP contribution in [0.5, 0.6) is 0 Å². The molecule has 4 rings (SSSR count). The van der Waals surface area contributed by atoms with Crippen LogP contribution in [0, 0.1) is 0 Å². The second-order valence-corrected chi connectivity index (χ2v) is 5.49. The third-order valence-corrected chi connectivity index (χ3v) is 4.23. The third kappa shape index (κ3) is 1.70. The van der Waals surface area contributed by atoms with Crippen molar-refractivity contribution in [1.29, 1.82) is 0 Å². The minimum Gasteiger partial charge on any atom is -0.359 e. The maximum absolute atomic E-state index is 12.7. The molecule has 2 heterocycles. The lowest BCUT2D eigenvalue weighted by molar-refractivity contribution is 0.770. The van der Waals surface area contributed by atoms with Gasteiger partial charge in [0.2, 0.25) is 0 Å². The molecule has 0 saturated carbocycles. The van der Waals surface area contributed by atoms with Crippen LogP contribution in [0.15, 0.2) is 59.4 Å². The Kier molecular flexibility index (Phi) is 2.61. The van der Waals surface area contributed by atoms with Crippen LogP contribution < -0.4 is 10.5 Å². The predicted molar refractivity (Wildman–Crippen MR) is 86.9 cm³/mol. The zero-order valence-electron chi connectivity index (χ0n) is 11.9. The third-order valence-electron chi connectivity index (χ3n) is 4.23. The molecule has 0 amide bonds. The van der Waals surface area contributed by atoms with Crippen LogP contribution in [0.3, 0.4) is 0 Å². The van der Waals surface area contributed by atoms with E-state index in [-0.39, 0.29) is 5.56 Å². The van der Waals surface area contributed by atoms with Gasteiger partial charge in [-0.3, -0.25) is 9.36 Å². The molecule has 0 bridgehead atoms. The van der Waals surface area contributed by atoms with Crippen molar-refractivity contribution in [1.82, 2.24) is 4.57 Å². The molecule has 0 aliphatic carbocycles. The number of fused-ring (bicyclic) bond motifs is 2. The fourth-order valence-corrected chi connectivity index (χ4v) is 3.23. The lowest BCUT2D eigenvalue weighted by atomic mass is 9.99. The Bertz CT molecular complexity index is 881. The largest absolute Gasteiger partial charge is 0.359 e. The summed E-state index contributed by atoms with van der Waals surface area (Å²) >= 11 is 0.